The number of carbonyl (C=O) groups is 1. The summed E-state index contributed by atoms with van der Waals surface area (Å²) < 4.78 is 0. The van der Waals surface area contributed by atoms with Crippen LogP contribution in [0.15, 0.2) is 29.2 Å². The molecule has 2 heterocycles. The highest BCUT2D eigenvalue weighted by atomic mass is 32.1. The van der Waals surface area contributed by atoms with Gasteiger partial charge in [-0.1, -0.05) is 0 Å². The number of aromatic nitrogens is 2. The number of thiazole rings is 1. The van der Waals surface area contributed by atoms with E-state index in [1.54, 1.807) is 30.9 Å². The first-order chi connectivity index (χ1) is 8.29. The molecule has 17 heavy (non-hydrogen) atoms. The number of carbonyl (C=O) groups excluding carboxylic acids is 1. The van der Waals surface area contributed by atoms with Crippen molar-refractivity contribution in [2.45, 2.75) is 6.54 Å². The van der Waals surface area contributed by atoms with Crippen molar-refractivity contribution in [1.29, 1.82) is 0 Å². The van der Waals surface area contributed by atoms with Gasteiger partial charge in [0.1, 0.15) is 5.69 Å². The number of anilines is 1. The fourth-order valence-electron chi connectivity index (χ4n) is 1.30. The highest BCUT2D eigenvalue weighted by Gasteiger charge is 2.07. The molecular formula is C11H12N4OS. The van der Waals surface area contributed by atoms with E-state index in [-0.39, 0.29) is 5.91 Å². The second-order valence-electron chi connectivity index (χ2n) is 3.34. The number of hydrogen-bond acceptors (Lipinski definition) is 5. The van der Waals surface area contributed by atoms with Gasteiger partial charge in [-0.2, -0.15) is 0 Å². The fourth-order valence-corrected chi connectivity index (χ4v) is 1.85. The average molecular weight is 248 g/mol. The molecule has 0 bridgehead atoms. The van der Waals surface area contributed by atoms with Crippen LogP contribution in [0.5, 0.6) is 0 Å². The Morgan fingerprint density at radius 2 is 2.35 bits per heavy atom. The summed E-state index contributed by atoms with van der Waals surface area (Å²) >= 11 is 1.51. The summed E-state index contributed by atoms with van der Waals surface area (Å²) in [6.07, 6.45) is 1.60. The standard InChI is InChI=1S/C11H12N4OS/c1-12-8-2-3-13-10(4-8)11(16)14-5-9-6-17-7-15-9/h2-4,6-7H,5H2,1H3,(H,12,13)(H,14,16). The number of amides is 1. The minimum Gasteiger partial charge on any atom is -0.388 e. The highest BCUT2D eigenvalue weighted by Crippen LogP contribution is 2.07. The quantitative estimate of drug-likeness (QED) is 0.860. The lowest BCUT2D eigenvalue weighted by Crippen LogP contribution is -2.23. The molecule has 0 fully saturated rings. The van der Waals surface area contributed by atoms with Gasteiger partial charge < -0.3 is 10.6 Å². The van der Waals surface area contributed by atoms with Gasteiger partial charge in [0.2, 0.25) is 0 Å². The topological polar surface area (TPSA) is 66.9 Å². The summed E-state index contributed by atoms with van der Waals surface area (Å²) in [6, 6.07) is 3.51. The van der Waals surface area contributed by atoms with Crippen molar-refractivity contribution in [3.8, 4) is 0 Å². The maximum absolute atomic E-state index is 11.8. The minimum atomic E-state index is -0.199. The Balaban J connectivity index is 1.99. The predicted molar refractivity (Wildman–Crippen MR) is 67.1 cm³/mol. The van der Waals surface area contributed by atoms with Crippen molar-refractivity contribution in [2.24, 2.45) is 0 Å². The molecule has 0 atom stereocenters. The van der Waals surface area contributed by atoms with Crippen molar-refractivity contribution in [1.82, 2.24) is 15.3 Å². The SMILES string of the molecule is CNc1ccnc(C(=O)NCc2cscn2)c1. The summed E-state index contributed by atoms with van der Waals surface area (Å²) in [5, 5.41) is 7.63. The summed E-state index contributed by atoms with van der Waals surface area (Å²) in [6.45, 7) is 0.424. The first-order valence-corrected chi connectivity index (χ1v) is 6.03. The zero-order valence-corrected chi connectivity index (χ0v) is 10.1. The van der Waals surface area contributed by atoms with E-state index in [0.29, 0.717) is 12.2 Å². The van der Waals surface area contributed by atoms with E-state index in [0.717, 1.165) is 11.4 Å². The first-order valence-electron chi connectivity index (χ1n) is 5.08. The third-order valence-electron chi connectivity index (χ3n) is 2.19. The van der Waals surface area contributed by atoms with E-state index in [9.17, 15) is 4.79 Å². The normalized spacial score (nSPS) is 9.94. The largest absolute Gasteiger partial charge is 0.388 e. The smallest absolute Gasteiger partial charge is 0.270 e. The van der Waals surface area contributed by atoms with E-state index in [1.165, 1.54) is 11.3 Å². The van der Waals surface area contributed by atoms with Crippen molar-refractivity contribution < 1.29 is 4.79 Å². The zero-order valence-electron chi connectivity index (χ0n) is 9.30. The maximum Gasteiger partial charge on any atom is 0.270 e. The lowest BCUT2D eigenvalue weighted by atomic mass is 10.3. The molecule has 0 aromatic carbocycles. The van der Waals surface area contributed by atoms with Gasteiger partial charge in [0.15, 0.2) is 0 Å². The molecule has 2 N–H and O–H groups in total. The molecule has 88 valence electrons. The Morgan fingerprint density at radius 3 is 3.06 bits per heavy atom. The molecular weight excluding hydrogens is 236 g/mol. The number of pyridine rings is 1. The monoisotopic (exact) mass is 248 g/mol. The van der Waals surface area contributed by atoms with Crippen molar-refractivity contribution in [2.75, 3.05) is 12.4 Å². The Labute approximate surface area is 103 Å². The van der Waals surface area contributed by atoms with Crippen LogP contribution in [0.4, 0.5) is 5.69 Å². The molecule has 0 aliphatic heterocycles. The molecule has 0 saturated carbocycles. The van der Waals surface area contributed by atoms with Gasteiger partial charge in [-0.3, -0.25) is 9.78 Å². The third-order valence-corrected chi connectivity index (χ3v) is 2.83. The molecule has 0 aliphatic rings. The molecule has 2 aromatic rings. The third kappa shape index (κ3) is 3.01. The Kier molecular flexibility index (Phi) is 3.66. The fraction of sp³-hybridized carbons (Fsp3) is 0.182. The van der Waals surface area contributed by atoms with Crippen LogP contribution >= 0.6 is 11.3 Å². The average Bonchev–Trinajstić information content (AvgIpc) is 2.89. The van der Waals surface area contributed by atoms with Crippen LogP contribution in [0.2, 0.25) is 0 Å². The second kappa shape index (κ2) is 5.40. The second-order valence-corrected chi connectivity index (χ2v) is 4.06. The van der Waals surface area contributed by atoms with E-state index >= 15 is 0 Å². The molecule has 0 saturated heterocycles. The molecule has 5 nitrogen and oxygen atoms in total. The van der Waals surface area contributed by atoms with E-state index in [1.807, 2.05) is 5.38 Å². The maximum atomic E-state index is 11.8. The lowest BCUT2D eigenvalue weighted by molar-refractivity contribution is 0.0945. The Bertz CT molecular complexity index is 498. The molecule has 0 unspecified atom stereocenters. The summed E-state index contributed by atoms with van der Waals surface area (Å²) in [5.74, 6) is -0.199. The van der Waals surface area contributed by atoms with E-state index in [2.05, 4.69) is 20.6 Å². The number of nitrogens with zero attached hydrogens (tertiary/aromatic N) is 2. The van der Waals surface area contributed by atoms with Gasteiger partial charge in [0.25, 0.3) is 5.91 Å². The zero-order chi connectivity index (χ0) is 12.1. The van der Waals surface area contributed by atoms with Crippen molar-refractivity contribution in [3.05, 3.63) is 40.6 Å². The van der Waals surface area contributed by atoms with Gasteiger partial charge >= 0.3 is 0 Å². The number of hydrogen-bond donors (Lipinski definition) is 2. The number of rotatable bonds is 4. The molecule has 0 aliphatic carbocycles. The lowest BCUT2D eigenvalue weighted by Gasteiger charge is -2.04. The Hall–Kier alpha value is -1.95. The van der Waals surface area contributed by atoms with Gasteiger partial charge in [-0.15, -0.1) is 11.3 Å². The van der Waals surface area contributed by atoms with Crippen LogP contribution in [-0.2, 0) is 6.54 Å². The van der Waals surface area contributed by atoms with Crippen LogP contribution in [-0.4, -0.2) is 22.9 Å². The van der Waals surface area contributed by atoms with E-state index < -0.39 is 0 Å². The van der Waals surface area contributed by atoms with Gasteiger partial charge in [-0.05, 0) is 12.1 Å². The van der Waals surface area contributed by atoms with Crippen LogP contribution in [0.25, 0.3) is 0 Å². The minimum absolute atomic E-state index is 0.199. The Morgan fingerprint density at radius 1 is 1.47 bits per heavy atom. The molecule has 0 spiro atoms. The van der Waals surface area contributed by atoms with Crippen LogP contribution in [0, 0.1) is 0 Å². The number of nitrogens with one attached hydrogen (secondary N) is 2. The summed E-state index contributed by atoms with van der Waals surface area (Å²) in [7, 11) is 1.80. The van der Waals surface area contributed by atoms with Crippen molar-refractivity contribution in [3.63, 3.8) is 0 Å². The van der Waals surface area contributed by atoms with Gasteiger partial charge in [0, 0.05) is 24.3 Å². The predicted octanol–water partition coefficient (Wildman–Crippen LogP) is 1.51. The molecule has 2 aromatic heterocycles. The summed E-state index contributed by atoms with van der Waals surface area (Å²) in [4.78, 5) is 19.9. The molecule has 6 heteroatoms. The van der Waals surface area contributed by atoms with Crippen molar-refractivity contribution >= 4 is 22.9 Å². The molecule has 2 rings (SSSR count). The molecule has 0 radical (unpaired) electrons. The van der Waals surface area contributed by atoms with Crippen LogP contribution in [0.1, 0.15) is 16.2 Å². The van der Waals surface area contributed by atoms with E-state index in [4.69, 9.17) is 0 Å². The van der Waals surface area contributed by atoms with Gasteiger partial charge in [-0.25, -0.2) is 4.98 Å². The van der Waals surface area contributed by atoms with Crippen LogP contribution in [0.3, 0.4) is 0 Å². The summed E-state index contributed by atoms with van der Waals surface area (Å²) in [5.41, 5.74) is 3.85. The highest BCUT2D eigenvalue weighted by molar-refractivity contribution is 7.07. The van der Waals surface area contributed by atoms with Gasteiger partial charge in [0.05, 0.1) is 17.7 Å². The molecule has 1 amide bonds. The van der Waals surface area contributed by atoms with Crippen LogP contribution < -0.4 is 10.6 Å². The first kappa shape index (κ1) is 11.5.